The van der Waals surface area contributed by atoms with E-state index in [0.29, 0.717) is 13.1 Å². The molecule has 3 heterocycles. The first-order valence-electron chi connectivity index (χ1n) is 12.0. The molecule has 0 atom stereocenters. The number of aromatic nitrogens is 2. The molecule has 6 nitrogen and oxygen atoms in total. The zero-order valence-corrected chi connectivity index (χ0v) is 19.6. The Hall–Kier alpha value is -2.96. The number of carbonyl (C=O) groups excluding carboxylic acids is 2. The van der Waals surface area contributed by atoms with Crippen LogP contribution in [0.4, 0.5) is 4.39 Å². The lowest BCUT2D eigenvalue weighted by molar-refractivity contribution is -0.139. The fourth-order valence-electron chi connectivity index (χ4n) is 4.89. The number of piperidine rings is 1. The molecule has 0 spiro atoms. The summed E-state index contributed by atoms with van der Waals surface area (Å²) in [5, 5.41) is 4.56. The van der Waals surface area contributed by atoms with Crippen LogP contribution < -0.4 is 0 Å². The molecule has 33 heavy (non-hydrogen) atoms. The average Bonchev–Trinajstić information content (AvgIpc) is 3.00. The summed E-state index contributed by atoms with van der Waals surface area (Å²) in [5.74, 6) is -0.0135. The Bertz CT molecular complexity index is 1010. The van der Waals surface area contributed by atoms with Crippen molar-refractivity contribution in [3.8, 4) is 5.69 Å². The molecule has 2 aliphatic heterocycles. The molecule has 2 aromatic rings. The molecule has 0 saturated carbocycles. The molecule has 2 aliphatic rings. The largest absolute Gasteiger partial charge is 0.342 e. The summed E-state index contributed by atoms with van der Waals surface area (Å²) in [4.78, 5) is 29.6. The minimum absolute atomic E-state index is 0.0366. The van der Waals surface area contributed by atoms with Crippen LogP contribution in [0.5, 0.6) is 0 Å². The zero-order valence-electron chi connectivity index (χ0n) is 19.6. The van der Waals surface area contributed by atoms with E-state index in [0.717, 1.165) is 61.4 Å². The van der Waals surface area contributed by atoms with Gasteiger partial charge in [0.25, 0.3) is 0 Å². The van der Waals surface area contributed by atoms with Crippen LogP contribution in [0, 0.1) is 25.6 Å². The highest BCUT2D eigenvalue weighted by Gasteiger charge is 2.30. The molecule has 7 heteroatoms. The van der Waals surface area contributed by atoms with Gasteiger partial charge in [0.1, 0.15) is 5.82 Å². The van der Waals surface area contributed by atoms with Gasteiger partial charge in [-0.1, -0.05) is 12.8 Å². The standard InChI is InChI=1S/C26H33FN4O2/c1-19-24(20(2)31(28-19)23-9-7-22(27)8-10-23)11-12-25(32)29-17-13-21(14-18-29)26(33)30-15-5-3-4-6-16-30/h7-12,21H,3-6,13-18H2,1-2H3/b12-11+. The summed E-state index contributed by atoms with van der Waals surface area (Å²) >= 11 is 0. The first-order valence-corrected chi connectivity index (χ1v) is 12.0. The van der Waals surface area contributed by atoms with Crippen LogP contribution in [0.15, 0.2) is 30.3 Å². The van der Waals surface area contributed by atoms with Gasteiger partial charge in [0.05, 0.1) is 11.4 Å². The van der Waals surface area contributed by atoms with Gasteiger partial charge in [-0.25, -0.2) is 9.07 Å². The van der Waals surface area contributed by atoms with Gasteiger partial charge in [-0.05, 0) is 69.9 Å². The number of aryl methyl sites for hydroxylation is 1. The lowest BCUT2D eigenvalue weighted by Gasteiger charge is -2.33. The summed E-state index contributed by atoms with van der Waals surface area (Å²) in [6, 6.07) is 6.19. The monoisotopic (exact) mass is 452 g/mol. The Labute approximate surface area is 195 Å². The number of hydrogen-bond donors (Lipinski definition) is 0. The van der Waals surface area contributed by atoms with Gasteiger partial charge >= 0.3 is 0 Å². The van der Waals surface area contributed by atoms with E-state index >= 15 is 0 Å². The van der Waals surface area contributed by atoms with Gasteiger partial charge in [-0.15, -0.1) is 0 Å². The predicted octanol–water partition coefficient (Wildman–Crippen LogP) is 4.28. The third-order valence-electron chi connectivity index (χ3n) is 6.88. The maximum absolute atomic E-state index is 13.2. The van der Waals surface area contributed by atoms with E-state index in [9.17, 15) is 14.0 Å². The Kier molecular flexibility index (Phi) is 7.26. The highest BCUT2D eigenvalue weighted by Crippen LogP contribution is 2.23. The normalized spacial score (nSPS) is 18.0. The number of nitrogens with zero attached hydrogens (tertiary/aromatic N) is 4. The Morgan fingerprint density at radius 3 is 2.21 bits per heavy atom. The molecule has 1 aromatic heterocycles. The van der Waals surface area contributed by atoms with E-state index in [4.69, 9.17) is 0 Å². The summed E-state index contributed by atoms with van der Waals surface area (Å²) in [5.41, 5.74) is 3.37. The maximum Gasteiger partial charge on any atom is 0.246 e. The Balaban J connectivity index is 1.36. The van der Waals surface area contributed by atoms with Crippen molar-refractivity contribution >= 4 is 17.9 Å². The second-order valence-electron chi connectivity index (χ2n) is 9.15. The minimum atomic E-state index is -0.289. The van der Waals surface area contributed by atoms with Crippen LogP contribution in [-0.2, 0) is 9.59 Å². The smallest absolute Gasteiger partial charge is 0.246 e. The van der Waals surface area contributed by atoms with Gasteiger partial charge in [-0.2, -0.15) is 5.10 Å². The fraction of sp³-hybridized carbons (Fsp3) is 0.500. The Morgan fingerprint density at radius 2 is 1.58 bits per heavy atom. The third kappa shape index (κ3) is 5.34. The Morgan fingerprint density at radius 1 is 0.939 bits per heavy atom. The minimum Gasteiger partial charge on any atom is -0.342 e. The van der Waals surface area contributed by atoms with Gasteiger partial charge in [0, 0.05) is 49.4 Å². The number of likely N-dealkylation sites (tertiary alicyclic amines) is 2. The number of amides is 2. The zero-order chi connectivity index (χ0) is 23.4. The molecular weight excluding hydrogens is 419 g/mol. The topological polar surface area (TPSA) is 58.4 Å². The summed E-state index contributed by atoms with van der Waals surface area (Å²) < 4.78 is 15.0. The van der Waals surface area contributed by atoms with E-state index < -0.39 is 0 Å². The van der Waals surface area contributed by atoms with Crippen LogP contribution >= 0.6 is 0 Å². The molecule has 2 amide bonds. The second kappa shape index (κ2) is 10.3. The van der Waals surface area contributed by atoms with Gasteiger partial charge < -0.3 is 9.80 Å². The van der Waals surface area contributed by atoms with Crippen molar-refractivity contribution in [3.63, 3.8) is 0 Å². The number of hydrogen-bond acceptors (Lipinski definition) is 3. The van der Waals surface area contributed by atoms with E-state index in [1.807, 2.05) is 29.7 Å². The molecule has 176 valence electrons. The molecule has 0 aliphatic carbocycles. The number of rotatable bonds is 4. The highest BCUT2D eigenvalue weighted by atomic mass is 19.1. The lowest BCUT2D eigenvalue weighted by Crippen LogP contribution is -2.44. The third-order valence-corrected chi connectivity index (χ3v) is 6.88. The summed E-state index contributed by atoms with van der Waals surface area (Å²) in [6.07, 6.45) is 9.51. The van der Waals surface area contributed by atoms with Crippen molar-refractivity contribution in [1.29, 1.82) is 0 Å². The highest BCUT2D eigenvalue weighted by molar-refractivity contribution is 5.92. The molecule has 4 rings (SSSR count). The summed E-state index contributed by atoms with van der Waals surface area (Å²) in [7, 11) is 0. The number of halogens is 1. The molecule has 0 N–H and O–H groups in total. The van der Waals surface area contributed by atoms with Gasteiger partial charge in [-0.3, -0.25) is 9.59 Å². The van der Waals surface area contributed by atoms with Crippen LogP contribution in [0.25, 0.3) is 11.8 Å². The van der Waals surface area contributed by atoms with Gasteiger partial charge in [0.2, 0.25) is 11.8 Å². The second-order valence-corrected chi connectivity index (χ2v) is 9.15. The van der Waals surface area contributed by atoms with E-state index in [1.165, 1.54) is 25.0 Å². The lowest BCUT2D eigenvalue weighted by atomic mass is 9.95. The number of carbonyl (C=O) groups is 2. The van der Waals surface area contributed by atoms with Gasteiger partial charge in [0.15, 0.2) is 0 Å². The molecule has 0 radical (unpaired) electrons. The fourth-order valence-corrected chi connectivity index (χ4v) is 4.89. The maximum atomic E-state index is 13.2. The van der Waals surface area contributed by atoms with E-state index in [2.05, 4.69) is 5.10 Å². The van der Waals surface area contributed by atoms with Crippen LogP contribution in [-0.4, -0.2) is 57.6 Å². The molecule has 0 bridgehead atoms. The van der Waals surface area contributed by atoms with Crippen molar-refractivity contribution in [2.75, 3.05) is 26.2 Å². The van der Waals surface area contributed by atoms with Crippen LogP contribution in [0.1, 0.15) is 55.5 Å². The molecule has 2 saturated heterocycles. The first-order chi connectivity index (χ1) is 15.9. The molecule has 0 unspecified atom stereocenters. The number of benzene rings is 1. The van der Waals surface area contributed by atoms with Crippen molar-refractivity contribution in [2.45, 2.75) is 52.4 Å². The van der Waals surface area contributed by atoms with Crippen molar-refractivity contribution in [2.24, 2.45) is 5.92 Å². The summed E-state index contributed by atoms with van der Waals surface area (Å²) in [6.45, 7) is 6.82. The molecule has 2 fully saturated rings. The average molecular weight is 453 g/mol. The SMILES string of the molecule is Cc1nn(-c2ccc(F)cc2)c(C)c1/C=C/C(=O)N1CCC(C(=O)N2CCCCCC2)CC1. The van der Waals surface area contributed by atoms with E-state index in [1.54, 1.807) is 22.9 Å². The van der Waals surface area contributed by atoms with Crippen molar-refractivity contribution < 1.29 is 14.0 Å². The quantitative estimate of drug-likeness (QED) is 0.651. The molecule has 1 aromatic carbocycles. The first kappa shape index (κ1) is 23.2. The van der Waals surface area contributed by atoms with Crippen LogP contribution in [0.3, 0.4) is 0 Å². The van der Waals surface area contributed by atoms with Crippen molar-refractivity contribution in [3.05, 3.63) is 53.1 Å². The molecular formula is C26H33FN4O2. The van der Waals surface area contributed by atoms with Crippen LogP contribution in [0.2, 0.25) is 0 Å². The van der Waals surface area contributed by atoms with Crippen molar-refractivity contribution in [1.82, 2.24) is 19.6 Å². The van der Waals surface area contributed by atoms with E-state index in [-0.39, 0.29) is 23.5 Å². The predicted molar refractivity (Wildman–Crippen MR) is 126 cm³/mol.